The number of hydrogen-bond donors (Lipinski definition) is 2. The van der Waals surface area contributed by atoms with Crippen LogP contribution in [-0.4, -0.2) is 5.21 Å². The smallest absolute Gasteiger partial charge is 0.170 e. The van der Waals surface area contributed by atoms with Crippen molar-refractivity contribution in [2.45, 2.75) is 0 Å². The molecule has 0 radical (unpaired) electrons. The first-order chi connectivity index (χ1) is 4.33. The highest BCUT2D eigenvalue weighted by Crippen LogP contribution is 1.98. The van der Waals surface area contributed by atoms with Gasteiger partial charge in [0.05, 0.1) is 5.69 Å². The van der Waals surface area contributed by atoms with Crippen LogP contribution in [0.25, 0.3) is 0 Å². The number of aromatic nitrogens is 1. The molecule has 56 valence electrons. The molecule has 0 amide bonds. The maximum atomic E-state index is 8.37. The van der Waals surface area contributed by atoms with Crippen LogP contribution in [0.1, 0.15) is 0 Å². The molecule has 2 N–H and O–H groups in total. The van der Waals surface area contributed by atoms with Crippen molar-refractivity contribution in [1.29, 1.82) is 0 Å². The molecule has 10 heavy (non-hydrogen) atoms. The van der Waals surface area contributed by atoms with E-state index < -0.39 is 0 Å². The highest BCUT2D eigenvalue weighted by Gasteiger charge is 1.90. The van der Waals surface area contributed by atoms with E-state index in [1.54, 1.807) is 12.1 Å². The zero-order valence-corrected chi connectivity index (χ0v) is 7.74. The predicted molar refractivity (Wildman–Crippen MR) is 33.0 cm³/mol. The molecule has 0 fully saturated rings. The molecule has 0 spiro atoms. The van der Waals surface area contributed by atoms with Crippen molar-refractivity contribution < 1.29 is 33.8 Å². The lowest BCUT2D eigenvalue weighted by Gasteiger charge is -1.92. The van der Waals surface area contributed by atoms with Crippen LogP contribution in [0.15, 0.2) is 24.5 Å². The third-order valence-corrected chi connectivity index (χ3v) is 1.11. The lowest BCUT2D eigenvalue weighted by molar-refractivity contribution is -0.671. The Morgan fingerprint density at radius 1 is 1.40 bits per heavy atom. The van der Waals surface area contributed by atoms with Crippen molar-refractivity contribution in [3.8, 4) is 0 Å². The molecule has 0 aliphatic rings. The molecule has 4 heteroatoms. The summed E-state index contributed by atoms with van der Waals surface area (Å²) in [6.07, 6.45) is 3.69. The van der Waals surface area contributed by atoms with Gasteiger partial charge >= 0.3 is 0 Å². The van der Waals surface area contributed by atoms with E-state index in [1.165, 1.54) is 0 Å². The number of anilines is 1. The molecule has 1 aromatic heterocycles. The molecule has 0 atom stereocenters. The Labute approximate surface area is 76.7 Å². The highest BCUT2D eigenvalue weighted by molar-refractivity contribution is 5.36. The lowest BCUT2D eigenvalue weighted by Crippen LogP contribution is -3.00. The van der Waals surface area contributed by atoms with Gasteiger partial charge in [-0.15, -0.1) is 0 Å². The zero-order valence-electron chi connectivity index (χ0n) is 5.58. The molecular weight excluding hydrogens is 243 g/mol. The van der Waals surface area contributed by atoms with E-state index in [4.69, 9.17) is 5.21 Å². The fourth-order valence-corrected chi connectivity index (χ4v) is 0.576. The Hall–Kier alpha value is -0.360. The minimum absolute atomic E-state index is 0. The summed E-state index contributed by atoms with van der Waals surface area (Å²) in [7, 11) is 1.92. The SMILES string of the molecule is C[n+]1ccc(NO)cc1.[I-]. The summed E-state index contributed by atoms with van der Waals surface area (Å²) in [5.74, 6) is 0. The fraction of sp³-hybridized carbons (Fsp3) is 0.167. The van der Waals surface area contributed by atoms with Crippen LogP contribution in [-0.2, 0) is 7.05 Å². The molecule has 0 aliphatic carbocycles. The summed E-state index contributed by atoms with van der Waals surface area (Å²) in [5.41, 5.74) is 2.74. The second kappa shape index (κ2) is 4.45. The Bertz CT molecular complexity index is 187. The van der Waals surface area contributed by atoms with Crippen LogP contribution >= 0.6 is 0 Å². The van der Waals surface area contributed by atoms with E-state index in [2.05, 4.69) is 0 Å². The quantitative estimate of drug-likeness (QED) is 0.324. The van der Waals surface area contributed by atoms with Crippen molar-refractivity contribution in [3.63, 3.8) is 0 Å². The van der Waals surface area contributed by atoms with Crippen LogP contribution in [0.2, 0.25) is 0 Å². The van der Waals surface area contributed by atoms with Crippen LogP contribution in [0.3, 0.4) is 0 Å². The van der Waals surface area contributed by atoms with Crippen LogP contribution in [0.4, 0.5) is 5.69 Å². The van der Waals surface area contributed by atoms with Crippen molar-refractivity contribution in [3.05, 3.63) is 24.5 Å². The Kier molecular flexibility index (Phi) is 4.29. The normalized spacial score (nSPS) is 8.20. The monoisotopic (exact) mass is 252 g/mol. The summed E-state index contributed by atoms with van der Waals surface area (Å²) in [6.45, 7) is 0. The van der Waals surface area contributed by atoms with Crippen molar-refractivity contribution >= 4 is 5.69 Å². The fourth-order valence-electron chi connectivity index (χ4n) is 0.576. The average Bonchev–Trinajstić information content (AvgIpc) is 1.90. The molecule has 1 rings (SSSR count). The molecule has 0 saturated carbocycles. The molecule has 1 heterocycles. The minimum atomic E-state index is 0. The van der Waals surface area contributed by atoms with Crippen molar-refractivity contribution in [2.75, 3.05) is 5.48 Å². The first-order valence-electron chi connectivity index (χ1n) is 2.68. The van der Waals surface area contributed by atoms with Crippen LogP contribution < -0.4 is 34.0 Å². The van der Waals surface area contributed by atoms with Crippen molar-refractivity contribution in [1.82, 2.24) is 0 Å². The van der Waals surface area contributed by atoms with Gasteiger partial charge in [-0.05, 0) is 0 Å². The largest absolute Gasteiger partial charge is 1.00 e. The summed E-state index contributed by atoms with van der Waals surface area (Å²) in [6, 6.07) is 3.56. The van der Waals surface area contributed by atoms with Crippen LogP contribution in [0, 0.1) is 0 Å². The molecule has 0 aromatic carbocycles. The standard InChI is InChI=1S/C6H8N2O.HI/c1-8-4-2-6(7-9)3-5-8;/h2-5,9H,1H3;1H. The van der Waals surface area contributed by atoms with Gasteiger partial charge in [-0.3, -0.25) is 10.7 Å². The number of hydrogen-bond acceptors (Lipinski definition) is 2. The zero-order chi connectivity index (χ0) is 6.69. The Morgan fingerprint density at radius 3 is 2.30 bits per heavy atom. The second-order valence-corrected chi connectivity index (χ2v) is 1.86. The highest BCUT2D eigenvalue weighted by atomic mass is 127. The first-order valence-corrected chi connectivity index (χ1v) is 2.68. The summed E-state index contributed by atoms with van der Waals surface area (Å²) < 4.78 is 1.89. The number of aryl methyl sites for hydroxylation is 1. The molecule has 0 unspecified atom stereocenters. The molecule has 3 nitrogen and oxygen atoms in total. The van der Waals surface area contributed by atoms with Gasteiger partial charge in [0.25, 0.3) is 0 Å². The second-order valence-electron chi connectivity index (χ2n) is 1.86. The average molecular weight is 252 g/mol. The maximum absolute atomic E-state index is 8.37. The van der Waals surface area contributed by atoms with E-state index >= 15 is 0 Å². The summed E-state index contributed by atoms with van der Waals surface area (Å²) in [4.78, 5) is 0. The van der Waals surface area contributed by atoms with Gasteiger partial charge < -0.3 is 24.0 Å². The van der Waals surface area contributed by atoms with E-state index in [1.807, 2.05) is 29.5 Å². The topological polar surface area (TPSA) is 36.1 Å². The van der Waals surface area contributed by atoms with E-state index in [0.29, 0.717) is 5.69 Å². The summed E-state index contributed by atoms with van der Waals surface area (Å²) >= 11 is 0. The third-order valence-electron chi connectivity index (χ3n) is 1.11. The van der Waals surface area contributed by atoms with E-state index in [9.17, 15) is 0 Å². The van der Waals surface area contributed by atoms with E-state index in [0.717, 1.165) is 0 Å². The molecule has 0 aliphatic heterocycles. The maximum Gasteiger partial charge on any atom is 0.170 e. The Balaban J connectivity index is 0.000000810. The minimum Gasteiger partial charge on any atom is -1.00 e. The molecular formula is C6H9IN2O. The molecule has 0 bridgehead atoms. The van der Waals surface area contributed by atoms with Gasteiger partial charge in [-0.1, -0.05) is 0 Å². The number of nitrogens with zero attached hydrogens (tertiary/aromatic N) is 1. The number of pyridine rings is 1. The van der Waals surface area contributed by atoms with Crippen molar-refractivity contribution in [2.24, 2.45) is 7.05 Å². The number of nitrogens with one attached hydrogen (secondary N) is 1. The van der Waals surface area contributed by atoms with Gasteiger partial charge in [0, 0.05) is 12.1 Å². The van der Waals surface area contributed by atoms with Gasteiger partial charge in [-0.2, -0.15) is 0 Å². The van der Waals surface area contributed by atoms with Gasteiger partial charge in [-0.25, -0.2) is 4.57 Å². The Morgan fingerprint density at radius 2 is 1.90 bits per heavy atom. The third kappa shape index (κ3) is 2.49. The molecule has 1 aromatic rings. The van der Waals surface area contributed by atoms with Crippen LogP contribution in [0.5, 0.6) is 0 Å². The van der Waals surface area contributed by atoms with Gasteiger partial charge in [0.2, 0.25) is 0 Å². The van der Waals surface area contributed by atoms with Gasteiger partial charge in [0.15, 0.2) is 12.4 Å². The summed E-state index contributed by atoms with van der Waals surface area (Å²) in [5, 5.41) is 8.37. The molecule has 0 saturated heterocycles. The van der Waals surface area contributed by atoms with E-state index in [-0.39, 0.29) is 24.0 Å². The lowest BCUT2D eigenvalue weighted by atomic mass is 10.4. The predicted octanol–water partition coefficient (Wildman–Crippen LogP) is -2.68. The number of rotatable bonds is 1. The van der Waals surface area contributed by atoms with Gasteiger partial charge in [0.1, 0.15) is 7.05 Å². The number of halogens is 1. The first kappa shape index (κ1) is 9.64.